The van der Waals surface area contributed by atoms with Crippen molar-refractivity contribution in [3.8, 4) is 0 Å². The van der Waals surface area contributed by atoms with E-state index in [0.717, 1.165) is 7.14 Å². The van der Waals surface area contributed by atoms with Gasteiger partial charge in [0.25, 0.3) is 0 Å². The number of rotatable bonds is 4. The molecule has 0 heterocycles. The molecule has 2 rings (SSSR count). The second kappa shape index (κ2) is 5.93. The van der Waals surface area contributed by atoms with Gasteiger partial charge in [-0.25, -0.2) is 0 Å². The van der Waals surface area contributed by atoms with E-state index >= 15 is 0 Å². The summed E-state index contributed by atoms with van der Waals surface area (Å²) in [5.74, 6) is 0. The summed E-state index contributed by atoms with van der Waals surface area (Å²) in [5.41, 5.74) is 0. The van der Waals surface area contributed by atoms with Crippen LogP contribution in [0.4, 0.5) is 4.20 Å². The minimum atomic E-state index is -4.98. The van der Waals surface area contributed by atoms with Crippen LogP contribution in [-0.4, -0.2) is 4.89 Å². The van der Waals surface area contributed by atoms with Gasteiger partial charge in [0.05, 0.1) is 0 Å². The summed E-state index contributed by atoms with van der Waals surface area (Å²) in [4.78, 5) is 8.82. The second-order valence-corrected chi connectivity index (χ2v) is 9.49. The Morgan fingerprint density at radius 1 is 0.944 bits per heavy atom. The molecular formula is C12H11FIO3P. The summed E-state index contributed by atoms with van der Waals surface area (Å²) in [6.07, 6.45) is 0. The van der Waals surface area contributed by atoms with Crippen molar-refractivity contribution in [3.05, 3.63) is 67.8 Å². The standard InChI is InChI=1S/C12H11FIO3P/c13-18(15,16)17-14(11-7-3-1-4-8-11)12-9-5-2-6-10-12/h1-10H,(H,15,16). The quantitative estimate of drug-likeness (QED) is 0.638. The molecule has 0 amide bonds. The molecule has 1 unspecified atom stereocenters. The maximum absolute atomic E-state index is 12.9. The summed E-state index contributed by atoms with van der Waals surface area (Å²) in [5, 5.41) is 0. The molecule has 2 aromatic rings. The van der Waals surface area contributed by atoms with Gasteiger partial charge in [-0.15, -0.1) is 0 Å². The third kappa shape index (κ3) is 3.88. The third-order valence-electron chi connectivity index (χ3n) is 2.02. The van der Waals surface area contributed by atoms with Crippen molar-refractivity contribution in [2.75, 3.05) is 0 Å². The van der Waals surface area contributed by atoms with Gasteiger partial charge in [0, 0.05) is 0 Å². The Labute approximate surface area is 112 Å². The Kier molecular flexibility index (Phi) is 4.50. The van der Waals surface area contributed by atoms with Crippen molar-refractivity contribution < 1.29 is 16.5 Å². The van der Waals surface area contributed by atoms with Gasteiger partial charge < -0.3 is 0 Å². The molecule has 0 radical (unpaired) electrons. The number of halogens is 2. The first-order valence-corrected chi connectivity index (χ1v) is 9.59. The van der Waals surface area contributed by atoms with Crippen molar-refractivity contribution in [1.29, 1.82) is 0 Å². The van der Waals surface area contributed by atoms with Crippen LogP contribution >= 0.6 is 28.1 Å². The van der Waals surface area contributed by atoms with E-state index in [1.807, 2.05) is 12.1 Å². The van der Waals surface area contributed by atoms with Gasteiger partial charge in [0.15, 0.2) is 0 Å². The van der Waals surface area contributed by atoms with Crippen molar-refractivity contribution in [2.45, 2.75) is 0 Å². The molecule has 0 aliphatic rings. The van der Waals surface area contributed by atoms with E-state index in [-0.39, 0.29) is 0 Å². The van der Waals surface area contributed by atoms with Crippen molar-refractivity contribution in [2.24, 2.45) is 0 Å². The summed E-state index contributed by atoms with van der Waals surface area (Å²) < 4.78 is 30.2. The fourth-order valence-electron chi connectivity index (χ4n) is 1.35. The molecule has 1 atom stereocenters. The fourth-order valence-corrected chi connectivity index (χ4v) is 7.36. The van der Waals surface area contributed by atoms with E-state index in [9.17, 15) is 8.76 Å². The average Bonchev–Trinajstić information content (AvgIpc) is 2.37. The zero-order chi connectivity index (χ0) is 13.0. The molecule has 0 aliphatic carbocycles. The zero-order valence-corrected chi connectivity index (χ0v) is 12.3. The van der Waals surface area contributed by atoms with Crippen LogP contribution in [0, 0.1) is 7.14 Å². The van der Waals surface area contributed by atoms with Crippen molar-refractivity contribution >= 4 is 28.1 Å². The van der Waals surface area contributed by atoms with Crippen LogP contribution in [0.3, 0.4) is 0 Å². The molecule has 1 N–H and O–H groups in total. The van der Waals surface area contributed by atoms with Crippen LogP contribution in [0.5, 0.6) is 0 Å². The van der Waals surface area contributed by atoms with E-state index in [4.69, 9.17) is 7.75 Å². The number of benzene rings is 2. The molecule has 3 nitrogen and oxygen atoms in total. The number of hydrogen-bond acceptors (Lipinski definition) is 2. The zero-order valence-electron chi connectivity index (χ0n) is 9.24. The molecular weight excluding hydrogens is 369 g/mol. The average molecular weight is 380 g/mol. The first-order valence-electron chi connectivity index (χ1n) is 5.09. The predicted molar refractivity (Wildman–Crippen MR) is 76.3 cm³/mol. The Balaban J connectivity index is 2.39. The molecule has 18 heavy (non-hydrogen) atoms. The fraction of sp³-hybridized carbons (Fsp3) is 0. The molecule has 6 heteroatoms. The van der Waals surface area contributed by atoms with Gasteiger partial charge >= 0.3 is 112 Å². The molecule has 0 fully saturated rings. The molecule has 0 spiro atoms. The molecule has 0 aromatic heterocycles. The first kappa shape index (κ1) is 13.7. The van der Waals surface area contributed by atoms with Crippen molar-refractivity contribution in [3.63, 3.8) is 0 Å². The van der Waals surface area contributed by atoms with E-state index in [1.54, 1.807) is 48.5 Å². The van der Waals surface area contributed by atoms with Crippen LogP contribution in [0.2, 0.25) is 0 Å². The van der Waals surface area contributed by atoms with Crippen LogP contribution in [0.15, 0.2) is 60.7 Å². The normalized spacial score (nSPS) is 14.9. The maximum atomic E-state index is 12.9. The van der Waals surface area contributed by atoms with Gasteiger partial charge in [-0.2, -0.15) is 0 Å². The topological polar surface area (TPSA) is 46.5 Å². The molecule has 2 aromatic carbocycles. The first-order chi connectivity index (χ1) is 8.56. The minimum absolute atomic E-state index is 0.778. The van der Waals surface area contributed by atoms with Crippen LogP contribution in [0.25, 0.3) is 0 Å². The number of hydrogen-bond donors (Lipinski definition) is 1. The van der Waals surface area contributed by atoms with Gasteiger partial charge in [-0.05, 0) is 0 Å². The van der Waals surface area contributed by atoms with Gasteiger partial charge in [-0.3, -0.25) is 0 Å². The van der Waals surface area contributed by atoms with E-state index in [1.165, 1.54) is 0 Å². The second-order valence-electron chi connectivity index (χ2n) is 3.36. The Morgan fingerprint density at radius 2 is 1.33 bits per heavy atom. The van der Waals surface area contributed by atoms with Gasteiger partial charge in [0.2, 0.25) is 0 Å². The van der Waals surface area contributed by atoms with Crippen molar-refractivity contribution in [1.82, 2.24) is 0 Å². The van der Waals surface area contributed by atoms with Crippen LogP contribution in [-0.2, 0) is 7.42 Å². The SMILES string of the molecule is O=P(O)(F)OI(c1ccccc1)c1ccccc1. The predicted octanol–water partition coefficient (Wildman–Crippen LogP) is 4.23. The molecule has 96 valence electrons. The molecule has 0 saturated carbocycles. The van der Waals surface area contributed by atoms with Crippen LogP contribution in [0.1, 0.15) is 0 Å². The molecule has 0 aliphatic heterocycles. The summed E-state index contributed by atoms with van der Waals surface area (Å²) >= 11 is -2.66. The summed E-state index contributed by atoms with van der Waals surface area (Å²) in [6, 6.07) is 18.0. The monoisotopic (exact) mass is 380 g/mol. The molecule has 0 bridgehead atoms. The van der Waals surface area contributed by atoms with Gasteiger partial charge in [-0.1, -0.05) is 0 Å². The summed E-state index contributed by atoms with van der Waals surface area (Å²) in [6.45, 7) is 0. The van der Waals surface area contributed by atoms with E-state index < -0.39 is 28.1 Å². The Hall–Kier alpha value is -0.750. The third-order valence-corrected chi connectivity index (χ3v) is 8.67. The Morgan fingerprint density at radius 3 is 1.67 bits per heavy atom. The summed E-state index contributed by atoms with van der Waals surface area (Å²) in [7, 11) is -4.98. The van der Waals surface area contributed by atoms with E-state index in [2.05, 4.69) is 0 Å². The Bertz CT molecular complexity index is 504. The molecule has 0 saturated heterocycles. The van der Waals surface area contributed by atoms with E-state index in [0.29, 0.717) is 0 Å². The van der Waals surface area contributed by atoms with Gasteiger partial charge in [0.1, 0.15) is 0 Å². The van der Waals surface area contributed by atoms with Crippen LogP contribution < -0.4 is 0 Å².